The van der Waals surface area contributed by atoms with Crippen molar-refractivity contribution in [3.05, 3.63) is 64.8 Å². The lowest BCUT2D eigenvalue weighted by molar-refractivity contribution is -0.117. The molecule has 0 saturated heterocycles. The summed E-state index contributed by atoms with van der Waals surface area (Å²) in [7, 11) is 3.08. The molecule has 39 heavy (non-hydrogen) atoms. The van der Waals surface area contributed by atoms with Gasteiger partial charge in [-0.05, 0) is 44.0 Å². The Labute approximate surface area is 232 Å². The average molecular weight is 535 g/mol. The van der Waals surface area contributed by atoms with Gasteiger partial charge in [0.25, 0.3) is 5.91 Å². The summed E-state index contributed by atoms with van der Waals surface area (Å²) in [6.45, 7) is 12.8. The number of methoxy groups -OCH3 is 2. The largest absolute Gasteiger partial charge is 0.497 e. The molecule has 0 fully saturated rings. The average Bonchev–Trinajstić information content (AvgIpc) is 3.31. The zero-order valence-corrected chi connectivity index (χ0v) is 24.6. The molecule has 3 rings (SSSR count). The number of amides is 2. The van der Waals surface area contributed by atoms with Crippen molar-refractivity contribution in [1.29, 1.82) is 0 Å². The fourth-order valence-electron chi connectivity index (χ4n) is 4.37. The third-order valence-electron chi connectivity index (χ3n) is 6.62. The minimum absolute atomic E-state index is 0.0966. The van der Waals surface area contributed by atoms with E-state index in [-0.39, 0.29) is 23.8 Å². The van der Waals surface area contributed by atoms with Gasteiger partial charge in [0, 0.05) is 24.1 Å². The minimum atomic E-state index is -0.293. The van der Waals surface area contributed by atoms with E-state index in [1.165, 1.54) is 7.11 Å². The van der Waals surface area contributed by atoms with Gasteiger partial charge in [0.05, 0.1) is 31.2 Å². The lowest BCUT2D eigenvalue weighted by Gasteiger charge is -2.23. The van der Waals surface area contributed by atoms with E-state index in [0.29, 0.717) is 29.4 Å². The van der Waals surface area contributed by atoms with E-state index in [0.717, 1.165) is 41.8 Å². The maximum atomic E-state index is 13.6. The second-order valence-corrected chi connectivity index (χ2v) is 10.9. The highest BCUT2D eigenvalue weighted by molar-refractivity contribution is 6.01. The molecule has 0 spiro atoms. The first-order valence-corrected chi connectivity index (χ1v) is 13.5. The summed E-state index contributed by atoms with van der Waals surface area (Å²) in [6, 6.07) is 13.1. The molecule has 0 bridgehead atoms. The topological polar surface area (TPSA) is 85.7 Å². The molecule has 0 unspecified atom stereocenters. The Hall–Kier alpha value is -3.81. The molecule has 2 aromatic carbocycles. The Balaban J connectivity index is 1.91. The van der Waals surface area contributed by atoms with Crippen molar-refractivity contribution >= 4 is 17.6 Å². The Bertz CT molecular complexity index is 1310. The molecule has 8 heteroatoms. The predicted molar refractivity (Wildman–Crippen MR) is 155 cm³/mol. The number of aromatic nitrogens is 2. The van der Waals surface area contributed by atoms with Crippen LogP contribution in [0.5, 0.6) is 11.5 Å². The zero-order valence-electron chi connectivity index (χ0n) is 24.6. The second-order valence-electron chi connectivity index (χ2n) is 10.9. The number of nitrogens with one attached hydrogen (secondary N) is 1. The van der Waals surface area contributed by atoms with Crippen molar-refractivity contribution < 1.29 is 19.1 Å². The van der Waals surface area contributed by atoms with Crippen molar-refractivity contribution in [3.8, 4) is 17.2 Å². The molecule has 1 heterocycles. The van der Waals surface area contributed by atoms with Crippen LogP contribution < -0.4 is 14.8 Å². The Morgan fingerprint density at radius 2 is 1.74 bits per heavy atom. The van der Waals surface area contributed by atoms with Crippen LogP contribution in [0.25, 0.3) is 5.69 Å². The van der Waals surface area contributed by atoms with E-state index < -0.39 is 0 Å². The first-order valence-electron chi connectivity index (χ1n) is 13.5. The van der Waals surface area contributed by atoms with Crippen LogP contribution >= 0.6 is 0 Å². The van der Waals surface area contributed by atoms with Crippen molar-refractivity contribution in [2.24, 2.45) is 0 Å². The van der Waals surface area contributed by atoms with Crippen LogP contribution in [0.15, 0.2) is 42.5 Å². The number of carbonyl (C=O) groups excluding carboxylic acids is 2. The lowest BCUT2D eigenvalue weighted by Crippen LogP contribution is -2.39. The van der Waals surface area contributed by atoms with Crippen LogP contribution in [-0.2, 0) is 10.2 Å². The highest BCUT2D eigenvalue weighted by Gasteiger charge is 2.25. The van der Waals surface area contributed by atoms with E-state index in [2.05, 4.69) is 39.1 Å². The number of unbranched alkanes of at least 4 members (excludes halogenated alkanes) is 2. The summed E-state index contributed by atoms with van der Waals surface area (Å²) in [5.74, 6) is 1.01. The molecule has 0 aliphatic heterocycles. The highest BCUT2D eigenvalue weighted by Crippen LogP contribution is 2.29. The molecular weight excluding hydrogens is 492 g/mol. The van der Waals surface area contributed by atoms with Crippen LogP contribution in [0.1, 0.15) is 74.1 Å². The van der Waals surface area contributed by atoms with Crippen molar-refractivity contribution in [3.63, 3.8) is 0 Å². The normalized spacial score (nSPS) is 11.3. The second kappa shape index (κ2) is 12.8. The molecule has 210 valence electrons. The summed E-state index contributed by atoms with van der Waals surface area (Å²) in [5, 5.41) is 7.88. The standard InChI is InChI=1S/C31H42N4O4/c1-9-10-11-16-34(30(37)24-14-13-23(38-7)18-26(24)39-8)20-29(36)32-28-19-27(31(4,5)6)33-35(28)25-15-12-21(2)17-22(25)3/h12-15,17-19H,9-11,16,20H2,1-8H3,(H,32,36). The molecule has 3 aromatic rings. The number of hydrogen-bond donors (Lipinski definition) is 1. The fourth-order valence-corrected chi connectivity index (χ4v) is 4.37. The third-order valence-corrected chi connectivity index (χ3v) is 6.62. The van der Waals surface area contributed by atoms with Gasteiger partial charge in [0.15, 0.2) is 0 Å². The third kappa shape index (κ3) is 7.40. The van der Waals surface area contributed by atoms with Crippen LogP contribution in [0.4, 0.5) is 5.82 Å². The molecule has 0 aliphatic carbocycles. The van der Waals surface area contributed by atoms with Crippen molar-refractivity contribution in [2.45, 2.75) is 66.2 Å². The SMILES string of the molecule is CCCCCN(CC(=O)Nc1cc(C(C)(C)C)nn1-c1ccc(C)cc1C)C(=O)c1ccc(OC)cc1OC. The maximum absolute atomic E-state index is 13.6. The van der Waals surface area contributed by atoms with Crippen LogP contribution in [-0.4, -0.2) is 53.8 Å². The smallest absolute Gasteiger partial charge is 0.258 e. The summed E-state index contributed by atoms with van der Waals surface area (Å²) in [6.07, 6.45) is 2.76. The monoisotopic (exact) mass is 534 g/mol. The number of carbonyl (C=O) groups is 2. The van der Waals surface area contributed by atoms with Crippen LogP contribution in [0.2, 0.25) is 0 Å². The summed E-state index contributed by atoms with van der Waals surface area (Å²) >= 11 is 0. The molecule has 1 N–H and O–H groups in total. The van der Waals surface area contributed by atoms with E-state index in [9.17, 15) is 9.59 Å². The highest BCUT2D eigenvalue weighted by atomic mass is 16.5. The van der Waals surface area contributed by atoms with Crippen molar-refractivity contribution in [1.82, 2.24) is 14.7 Å². The van der Waals surface area contributed by atoms with Gasteiger partial charge in [-0.3, -0.25) is 9.59 Å². The van der Waals surface area contributed by atoms with Gasteiger partial charge >= 0.3 is 0 Å². The number of nitrogens with zero attached hydrogens (tertiary/aromatic N) is 3. The Morgan fingerprint density at radius 3 is 2.36 bits per heavy atom. The molecule has 0 radical (unpaired) electrons. The number of ether oxygens (including phenoxy) is 2. The number of hydrogen-bond acceptors (Lipinski definition) is 5. The summed E-state index contributed by atoms with van der Waals surface area (Å²) in [5.41, 5.74) is 4.13. The summed E-state index contributed by atoms with van der Waals surface area (Å²) < 4.78 is 12.5. The van der Waals surface area contributed by atoms with Crippen LogP contribution in [0.3, 0.4) is 0 Å². The molecular formula is C31H42N4O4. The first kappa shape index (κ1) is 29.7. The summed E-state index contributed by atoms with van der Waals surface area (Å²) in [4.78, 5) is 28.6. The van der Waals surface area contributed by atoms with Gasteiger partial charge in [-0.1, -0.05) is 58.2 Å². The zero-order chi connectivity index (χ0) is 28.7. The number of benzene rings is 2. The van der Waals surface area contributed by atoms with Gasteiger partial charge in [-0.2, -0.15) is 5.10 Å². The van der Waals surface area contributed by atoms with E-state index in [4.69, 9.17) is 14.6 Å². The fraction of sp³-hybridized carbons (Fsp3) is 0.452. The quantitative estimate of drug-likeness (QED) is 0.302. The number of aryl methyl sites for hydroxylation is 2. The molecule has 2 amide bonds. The predicted octanol–water partition coefficient (Wildman–Crippen LogP) is 6.07. The maximum Gasteiger partial charge on any atom is 0.258 e. The van der Waals surface area contributed by atoms with E-state index in [1.807, 2.05) is 32.0 Å². The number of rotatable bonds is 11. The Morgan fingerprint density at radius 1 is 1.00 bits per heavy atom. The number of anilines is 1. The first-order chi connectivity index (χ1) is 18.5. The van der Waals surface area contributed by atoms with Gasteiger partial charge in [0.1, 0.15) is 23.9 Å². The van der Waals surface area contributed by atoms with Gasteiger partial charge in [-0.25, -0.2) is 4.68 Å². The van der Waals surface area contributed by atoms with Gasteiger partial charge in [-0.15, -0.1) is 0 Å². The Kier molecular flexibility index (Phi) is 9.78. The molecule has 8 nitrogen and oxygen atoms in total. The van der Waals surface area contributed by atoms with Crippen molar-refractivity contribution in [2.75, 3.05) is 32.6 Å². The van der Waals surface area contributed by atoms with E-state index >= 15 is 0 Å². The molecule has 1 aromatic heterocycles. The van der Waals surface area contributed by atoms with Gasteiger partial charge < -0.3 is 19.7 Å². The molecule has 0 atom stereocenters. The van der Waals surface area contributed by atoms with E-state index in [1.54, 1.807) is 34.9 Å². The van der Waals surface area contributed by atoms with Crippen LogP contribution in [0, 0.1) is 13.8 Å². The van der Waals surface area contributed by atoms with Gasteiger partial charge in [0.2, 0.25) is 5.91 Å². The lowest BCUT2D eigenvalue weighted by atomic mass is 9.92. The minimum Gasteiger partial charge on any atom is -0.497 e. The molecule has 0 saturated carbocycles. The molecule has 0 aliphatic rings.